The number of ether oxygens (including phenoxy) is 1. The summed E-state index contributed by atoms with van der Waals surface area (Å²) >= 11 is 0. The molecule has 1 aromatic carbocycles. The minimum absolute atomic E-state index is 0.0635. The Hall–Kier alpha value is -2.56. The highest BCUT2D eigenvalue weighted by molar-refractivity contribution is 5.87. The Morgan fingerprint density at radius 1 is 1.38 bits per heavy atom. The molecule has 0 saturated heterocycles. The topological polar surface area (TPSA) is 68.5 Å². The molecule has 0 spiro atoms. The number of hydrogen-bond donors (Lipinski definition) is 1. The van der Waals surface area contributed by atoms with Gasteiger partial charge in [-0.15, -0.1) is 0 Å². The zero-order chi connectivity index (χ0) is 15.1. The third-order valence-corrected chi connectivity index (χ3v) is 3.68. The van der Waals surface area contributed by atoms with Crippen molar-refractivity contribution >= 4 is 5.97 Å². The number of aryl methyl sites for hydroxylation is 1. The highest BCUT2D eigenvalue weighted by Crippen LogP contribution is 2.35. The molecule has 108 valence electrons. The molecule has 1 N–H and O–H groups in total. The highest BCUT2D eigenvalue weighted by atomic mass is 16.5. The summed E-state index contributed by atoms with van der Waals surface area (Å²) in [6.45, 7) is 4.31. The number of carboxylic acids is 1. The van der Waals surface area contributed by atoms with Crippen molar-refractivity contribution in [2.75, 3.05) is 6.61 Å². The maximum absolute atomic E-state index is 12.0. The molecule has 2 heterocycles. The lowest BCUT2D eigenvalue weighted by Gasteiger charge is -2.17. The summed E-state index contributed by atoms with van der Waals surface area (Å²) in [4.78, 5) is 23.2. The number of benzene rings is 1. The van der Waals surface area contributed by atoms with Crippen LogP contribution in [0.25, 0.3) is 11.3 Å². The summed E-state index contributed by atoms with van der Waals surface area (Å²) in [7, 11) is 0. The lowest BCUT2D eigenvalue weighted by molar-refractivity contribution is 0.0694. The van der Waals surface area contributed by atoms with Crippen LogP contribution in [0.5, 0.6) is 5.75 Å². The normalized spacial score (nSPS) is 16.4. The summed E-state index contributed by atoms with van der Waals surface area (Å²) in [6, 6.07) is 7.09. The van der Waals surface area contributed by atoms with Crippen molar-refractivity contribution in [3.8, 4) is 17.0 Å². The van der Waals surface area contributed by atoms with E-state index in [2.05, 4.69) is 0 Å². The Kier molecular flexibility index (Phi) is 3.05. The van der Waals surface area contributed by atoms with Crippen molar-refractivity contribution in [1.29, 1.82) is 0 Å². The van der Waals surface area contributed by atoms with Crippen LogP contribution in [0.1, 0.15) is 28.9 Å². The number of nitrogens with zero attached hydrogens (tertiary/aromatic N) is 1. The molecule has 2 aromatic rings. The van der Waals surface area contributed by atoms with Crippen molar-refractivity contribution in [3.63, 3.8) is 0 Å². The van der Waals surface area contributed by atoms with E-state index in [0.717, 1.165) is 11.1 Å². The van der Waals surface area contributed by atoms with E-state index in [9.17, 15) is 9.59 Å². The van der Waals surface area contributed by atoms with E-state index in [1.54, 1.807) is 4.57 Å². The van der Waals surface area contributed by atoms with Gasteiger partial charge in [0.2, 0.25) is 0 Å². The number of rotatable bonds is 1. The van der Waals surface area contributed by atoms with Gasteiger partial charge < -0.3 is 14.4 Å². The number of aromatic carboxylic acids is 1. The first-order chi connectivity index (χ1) is 9.97. The van der Waals surface area contributed by atoms with E-state index in [4.69, 9.17) is 9.84 Å². The molecule has 0 amide bonds. The van der Waals surface area contributed by atoms with Gasteiger partial charge in [0.05, 0.1) is 11.7 Å². The van der Waals surface area contributed by atoms with Gasteiger partial charge in [0.15, 0.2) is 5.43 Å². The van der Waals surface area contributed by atoms with Crippen LogP contribution < -0.4 is 10.2 Å². The fraction of sp³-hybridized carbons (Fsp3) is 0.250. The first-order valence-electron chi connectivity index (χ1n) is 6.70. The fourth-order valence-corrected chi connectivity index (χ4v) is 2.55. The third-order valence-electron chi connectivity index (χ3n) is 3.68. The van der Waals surface area contributed by atoms with Gasteiger partial charge in [0, 0.05) is 17.8 Å². The molecular weight excluding hydrogens is 270 g/mol. The summed E-state index contributed by atoms with van der Waals surface area (Å²) in [5.74, 6) is -0.502. The Morgan fingerprint density at radius 2 is 2.14 bits per heavy atom. The lowest BCUT2D eigenvalue weighted by Crippen LogP contribution is -2.21. The minimum Gasteiger partial charge on any atom is -0.491 e. The van der Waals surface area contributed by atoms with Gasteiger partial charge in [-0.25, -0.2) is 4.79 Å². The smallest absolute Gasteiger partial charge is 0.341 e. The van der Waals surface area contributed by atoms with Gasteiger partial charge in [-0.3, -0.25) is 4.79 Å². The second kappa shape index (κ2) is 4.77. The van der Waals surface area contributed by atoms with Crippen LogP contribution in [0.4, 0.5) is 0 Å². The van der Waals surface area contributed by atoms with Crippen LogP contribution in [0.15, 0.2) is 35.3 Å². The quantitative estimate of drug-likeness (QED) is 0.874. The number of carbonyl (C=O) groups is 1. The summed E-state index contributed by atoms with van der Waals surface area (Å²) in [5.41, 5.74) is 1.84. The molecule has 0 radical (unpaired) electrons. The molecule has 1 aromatic heterocycles. The average molecular weight is 285 g/mol. The summed E-state index contributed by atoms with van der Waals surface area (Å²) in [6.07, 6.45) is 1.41. The molecule has 0 unspecified atom stereocenters. The van der Waals surface area contributed by atoms with Crippen molar-refractivity contribution in [1.82, 2.24) is 4.57 Å². The van der Waals surface area contributed by atoms with Gasteiger partial charge in [0.25, 0.3) is 0 Å². The van der Waals surface area contributed by atoms with Crippen molar-refractivity contribution in [2.24, 2.45) is 0 Å². The standard InChI is InChI=1S/C16H15NO4/c1-9-3-4-15-11(5-9)13-6-14(18)12(16(19)20)7-17(13)10(2)8-21-15/h3-7,10H,8H2,1-2H3,(H,19,20)/t10-/m1/s1. The zero-order valence-corrected chi connectivity index (χ0v) is 11.8. The Labute approximate surface area is 121 Å². The minimum atomic E-state index is -1.21. The van der Waals surface area contributed by atoms with Crippen molar-refractivity contribution < 1.29 is 14.6 Å². The van der Waals surface area contributed by atoms with Crippen LogP contribution >= 0.6 is 0 Å². The maximum Gasteiger partial charge on any atom is 0.341 e. The average Bonchev–Trinajstić information content (AvgIpc) is 2.56. The SMILES string of the molecule is Cc1ccc2c(c1)-c1cc(=O)c(C(=O)O)cn1[C@H](C)CO2. The molecule has 1 atom stereocenters. The maximum atomic E-state index is 12.0. The molecule has 0 saturated carbocycles. The Bertz CT molecular complexity index is 791. The van der Waals surface area contributed by atoms with E-state index in [0.29, 0.717) is 18.1 Å². The predicted molar refractivity (Wildman–Crippen MR) is 78.0 cm³/mol. The second-order valence-electron chi connectivity index (χ2n) is 5.31. The largest absolute Gasteiger partial charge is 0.491 e. The zero-order valence-electron chi connectivity index (χ0n) is 11.8. The van der Waals surface area contributed by atoms with Crippen LogP contribution in [-0.2, 0) is 0 Å². The number of aromatic nitrogens is 1. The summed E-state index contributed by atoms with van der Waals surface area (Å²) in [5, 5.41) is 9.12. The van der Waals surface area contributed by atoms with E-state index >= 15 is 0 Å². The van der Waals surface area contributed by atoms with Gasteiger partial charge >= 0.3 is 5.97 Å². The molecule has 5 nitrogen and oxygen atoms in total. The van der Waals surface area contributed by atoms with Gasteiger partial charge in [-0.05, 0) is 26.0 Å². The number of pyridine rings is 1. The number of hydrogen-bond acceptors (Lipinski definition) is 3. The van der Waals surface area contributed by atoms with Gasteiger partial charge in [-0.1, -0.05) is 11.6 Å². The molecule has 1 aliphatic rings. The van der Waals surface area contributed by atoms with Crippen molar-refractivity contribution in [3.05, 3.63) is 51.8 Å². The van der Waals surface area contributed by atoms with Crippen LogP contribution in [0, 0.1) is 6.92 Å². The first kappa shape index (κ1) is 13.4. The van der Waals surface area contributed by atoms with E-state index in [-0.39, 0.29) is 11.6 Å². The van der Waals surface area contributed by atoms with Gasteiger partial charge in [0.1, 0.15) is 17.9 Å². The lowest BCUT2D eigenvalue weighted by atomic mass is 10.1. The number of fused-ring (bicyclic) bond motifs is 3. The first-order valence-corrected chi connectivity index (χ1v) is 6.70. The van der Waals surface area contributed by atoms with Crippen molar-refractivity contribution in [2.45, 2.75) is 19.9 Å². The van der Waals surface area contributed by atoms with E-state index < -0.39 is 11.4 Å². The summed E-state index contributed by atoms with van der Waals surface area (Å²) < 4.78 is 7.57. The molecule has 21 heavy (non-hydrogen) atoms. The van der Waals surface area contributed by atoms with E-state index in [1.165, 1.54) is 12.3 Å². The molecule has 5 heteroatoms. The second-order valence-corrected chi connectivity index (χ2v) is 5.31. The molecule has 0 bridgehead atoms. The third kappa shape index (κ3) is 2.20. The molecule has 3 rings (SSSR count). The predicted octanol–water partition coefficient (Wildman–Crippen LogP) is 2.48. The number of carboxylic acid groups (broad SMARTS) is 1. The highest BCUT2D eigenvalue weighted by Gasteiger charge is 2.22. The van der Waals surface area contributed by atoms with Crippen LogP contribution in [0.3, 0.4) is 0 Å². The van der Waals surface area contributed by atoms with Crippen LogP contribution in [0.2, 0.25) is 0 Å². The monoisotopic (exact) mass is 285 g/mol. The Morgan fingerprint density at radius 3 is 2.86 bits per heavy atom. The molecule has 1 aliphatic heterocycles. The molecule has 0 fully saturated rings. The molecular formula is C16H15NO4. The van der Waals surface area contributed by atoms with Gasteiger partial charge in [-0.2, -0.15) is 0 Å². The van der Waals surface area contributed by atoms with Crippen LogP contribution in [-0.4, -0.2) is 22.2 Å². The molecule has 0 aliphatic carbocycles. The fourth-order valence-electron chi connectivity index (χ4n) is 2.55. The Balaban J connectivity index is 2.33. The van der Waals surface area contributed by atoms with E-state index in [1.807, 2.05) is 32.0 Å².